The Morgan fingerprint density at radius 2 is 1.54 bits per heavy atom. The zero-order chi connectivity index (χ0) is 19.8. The van der Waals surface area contributed by atoms with E-state index in [1.54, 1.807) is 22.7 Å². The number of anilines is 2. The third kappa shape index (κ3) is 7.82. The molecular weight excluding hydrogens is 618 g/mol. The second-order valence-electron chi connectivity index (χ2n) is 6.74. The number of nitrogens with one attached hydrogen (secondary N) is 1. The van der Waals surface area contributed by atoms with Crippen molar-refractivity contribution in [2.45, 2.75) is 71.4 Å². The first kappa shape index (κ1) is 26.3. The van der Waals surface area contributed by atoms with Crippen molar-refractivity contribution in [3.63, 3.8) is 0 Å². The maximum Gasteiger partial charge on any atom is 0.180 e. The molecule has 160 valence electrons. The number of rotatable bonds is 3. The highest BCUT2D eigenvalue weighted by Crippen LogP contribution is 2.28. The molecular formula is C18H32I2N6S2. The van der Waals surface area contributed by atoms with E-state index in [4.69, 9.17) is 17.2 Å². The topological polar surface area (TPSA) is 116 Å². The molecule has 2 heterocycles. The minimum Gasteiger partial charge on any atom is -0.375 e. The Morgan fingerprint density at radius 1 is 1.00 bits per heavy atom. The van der Waals surface area contributed by atoms with Crippen LogP contribution in [0.4, 0.5) is 10.3 Å². The van der Waals surface area contributed by atoms with Gasteiger partial charge in [-0.25, -0.2) is 9.97 Å². The summed E-state index contributed by atoms with van der Waals surface area (Å²) in [6.07, 6.45) is 7.63. The molecule has 2 atom stereocenters. The Bertz CT molecular complexity index is 706. The molecule has 0 aliphatic heterocycles. The molecule has 0 saturated heterocycles. The second-order valence-corrected chi connectivity index (χ2v) is 8.97. The second kappa shape index (κ2) is 13.5. The lowest BCUT2D eigenvalue weighted by atomic mass is 9.98. The smallest absolute Gasteiger partial charge is 0.180 e. The van der Waals surface area contributed by atoms with Crippen molar-refractivity contribution in [2.24, 2.45) is 5.73 Å². The Morgan fingerprint density at radius 3 is 2.11 bits per heavy atom. The first-order valence-corrected chi connectivity index (χ1v) is 17.1. The maximum absolute atomic E-state index is 5.80. The van der Waals surface area contributed by atoms with Crippen LogP contribution in [0.25, 0.3) is 0 Å². The molecule has 2 aromatic rings. The van der Waals surface area contributed by atoms with E-state index in [0.717, 1.165) is 43.8 Å². The summed E-state index contributed by atoms with van der Waals surface area (Å²) in [5.41, 5.74) is 19.5. The molecule has 0 radical (unpaired) electrons. The van der Waals surface area contributed by atoms with Gasteiger partial charge in [0, 0.05) is 59.1 Å². The molecule has 10 heteroatoms. The summed E-state index contributed by atoms with van der Waals surface area (Å²) in [6, 6.07) is 0.963. The van der Waals surface area contributed by atoms with Gasteiger partial charge in [-0.05, 0) is 51.5 Å². The molecule has 0 amide bonds. The molecule has 0 bridgehead atoms. The predicted octanol–water partition coefficient (Wildman–Crippen LogP) is 4.53. The van der Waals surface area contributed by atoms with E-state index >= 15 is 0 Å². The highest BCUT2D eigenvalue weighted by atomic mass is 128. The van der Waals surface area contributed by atoms with Crippen LogP contribution in [0, 0.1) is 0 Å². The molecule has 28 heavy (non-hydrogen) atoms. The zero-order valence-corrected chi connectivity index (χ0v) is 21.5. The van der Waals surface area contributed by atoms with Crippen LogP contribution in [0.2, 0.25) is 0 Å². The summed E-state index contributed by atoms with van der Waals surface area (Å²) >= 11 is 7.47. The van der Waals surface area contributed by atoms with Gasteiger partial charge in [0.05, 0.1) is 11.4 Å². The highest BCUT2D eigenvalue weighted by Gasteiger charge is 2.21. The summed E-state index contributed by atoms with van der Waals surface area (Å²) in [6.45, 7) is 3.32. The van der Waals surface area contributed by atoms with Gasteiger partial charge in [0.25, 0.3) is 0 Å². The van der Waals surface area contributed by atoms with Gasteiger partial charge in [0.2, 0.25) is 0 Å². The fourth-order valence-corrected chi connectivity index (χ4v) is 5.27. The normalized spacial score (nSPS) is 19.7. The van der Waals surface area contributed by atoms with Crippen molar-refractivity contribution < 1.29 is 0 Å². The molecule has 0 fully saturated rings. The quantitative estimate of drug-likeness (QED) is 0.363. The van der Waals surface area contributed by atoms with E-state index in [9.17, 15) is 0 Å². The lowest BCUT2D eigenvalue weighted by molar-refractivity contribution is 0.460. The monoisotopic (exact) mass is 650 g/mol. The van der Waals surface area contributed by atoms with Crippen LogP contribution in [0.1, 0.15) is 54.8 Å². The number of hydrogen-bond donors (Lipinski definition) is 4. The molecule has 0 saturated carbocycles. The number of nitrogens with zero attached hydrogens (tertiary/aromatic N) is 2. The third-order valence-electron chi connectivity index (χ3n) is 4.63. The van der Waals surface area contributed by atoms with Crippen LogP contribution in [-0.2, 0) is 25.7 Å². The number of hydrogen-bond acceptors (Lipinski definition) is 8. The fourth-order valence-electron chi connectivity index (χ4n) is 3.34. The lowest BCUT2D eigenvalue weighted by Crippen LogP contribution is -2.34. The van der Waals surface area contributed by atoms with Crippen molar-refractivity contribution >= 4 is 70.2 Å². The van der Waals surface area contributed by atoms with Crippen molar-refractivity contribution in [1.82, 2.24) is 15.3 Å². The van der Waals surface area contributed by atoms with E-state index < -0.39 is 0 Å². The summed E-state index contributed by atoms with van der Waals surface area (Å²) in [5.74, 6) is 0. The molecule has 7 N–H and O–H groups in total. The average molecular weight is 650 g/mol. The summed E-state index contributed by atoms with van der Waals surface area (Å²) in [5, 5.41) is 4.97. The number of halogens is 2. The van der Waals surface area contributed by atoms with E-state index in [0.29, 0.717) is 17.2 Å². The molecule has 6 nitrogen and oxygen atoms in total. The Labute approximate surface area is 200 Å². The fraction of sp³-hybridized carbons (Fsp3) is 0.667. The minimum absolute atomic E-state index is 0. The number of nitrogen functional groups attached to an aromatic ring is 2. The number of aryl methyl sites for hydroxylation is 2. The zero-order valence-electron chi connectivity index (χ0n) is 15.5. The number of fused-ring (bicyclic) bond motifs is 2. The highest BCUT2D eigenvalue weighted by molar-refractivity contribution is 15.0. The molecule has 0 spiro atoms. The van der Waals surface area contributed by atoms with Gasteiger partial charge in [-0.2, -0.15) is 0 Å². The number of nitrogens with two attached hydrogens (primary N) is 3. The van der Waals surface area contributed by atoms with Crippen molar-refractivity contribution in [2.75, 3.05) is 18.0 Å². The van der Waals surface area contributed by atoms with Crippen LogP contribution < -0.4 is 22.5 Å². The minimum atomic E-state index is 0. The summed E-state index contributed by atoms with van der Waals surface area (Å²) in [4.78, 5) is 11.2. The van der Waals surface area contributed by atoms with E-state index in [-0.39, 0.29) is 7.43 Å². The van der Waals surface area contributed by atoms with E-state index in [2.05, 4.69) is 59.4 Å². The van der Waals surface area contributed by atoms with Gasteiger partial charge in [-0.15, -0.1) is 22.7 Å². The first-order valence-electron chi connectivity index (χ1n) is 9.16. The molecule has 2 aliphatic carbocycles. The SMILES string of the molecule is C.CCCNC1CCc2nc(N)sc2C1.II.Nc1nc2c(s1)CC(N)CC2. The lowest BCUT2D eigenvalue weighted by Gasteiger charge is -2.21. The maximum atomic E-state index is 5.80. The van der Waals surface area contributed by atoms with Crippen molar-refractivity contribution in [3.05, 3.63) is 21.1 Å². The van der Waals surface area contributed by atoms with Crippen LogP contribution in [0.15, 0.2) is 0 Å². The van der Waals surface area contributed by atoms with Gasteiger partial charge in [-0.3, -0.25) is 0 Å². The van der Waals surface area contributed by atoms with Crippen LogP contribution in [0.3, 0.4) is 0 Å². The van der Waals surface area contributed by atoms with E-state index in [1.165, 1.54) is 34.0 Å². The number of thiazole rings is 2. The van der Waals surface area contributed by atoms with Crippen LogP contribution in [-0.4, -0.2) is 28.6 Å². The molecule has 2 aliphatic rings. The van der Waals surface area contributed by atoms with Gasteiger partial charge in [0.1, 0.15) is 0 Å². The summed E-state index contributed by atoms with van der Waals surface area (Å²) in [7, 11) is 0. The van der Waals surface area contributed by atoms with Crippen LogP contribution in [0.5, 0.6) is 0 Å². The van der Waals surface area contributed by atoms with Gasteiger partial charge >= 0.3 is 0 Å². The summed E-state index contributed by atoms with van der Waals surface area (Å²) < 4.78 is 0. The van der Waals surface area contributed by atoms with Crippen molar-refractivity contribution in [1.29, 1.82) is 0 Å². The van der Waals surface area contributed by atoms with Gasteiger partial charge in [0.15, 0.2) is 10.3 Å². The van der Waals surface area contributed by atoms with Crippen LogP contribution >= 0.6 is 59.9 Å². The standard InChI is InChI=1S/C10H17N3S.C7H11N3S.CH4.I2/c1-2-5-12-7-3-4-8-9(6-7)14-10(11)13-8;8-4-1-2-5-6(3-4)11-7(9)10-5;;1-2/h7,12H,2-6H2,1H3,(H2,11,13);4H,1-3,8H2,(H2,9,10);1H4;. The van der Waals surface area contributed by atoms with Crippen molar-refractivity contribution in [3.8, 4) is 0 Å². The Balaban J connectivity index is 0.000000254. The number of aromatic nitrogens is 2. The van der Waals surface area contributed by atoms with E-state index in [1.807, 2.05) is 0 Å². The van der Waals surface area contributed by atoms with Gasteiger partial charge in [-0.1, -0.05) is 14.4 Å². The first-order chi connectivity index (χ1) is 13.0. The third-order valence-corrected chi connectivity index (χ3v) is 6.53. The molecule has 2 aromatic heterocycles. The predicted molar refractivity (Wildman–Crippen MR) is 142 cm³/mol. The molecule has 2 unspecified atom stereocenters. The average Bonchev–Trinajstić information content (AvgIpc) is 3.21. The largest absolute Gasteiger partial charge is 0.375 e. The molecule has 0 aromatic carbocycles. The Hall–Kier alpha value is 0.240. The molecule has 4 rings (SSSR count). The van der Waals surface area contributed by atoms with Gasteiger partial charge < -0.3 is 22.5 Å². The Kier molecular flexibility index (Phi) is 12.7.